The number of ether oxygens (including phenoxy) is 1. The number of anilines is 3. The van der Waals surface area contributed by atoms with Crippen molar-refractivity contribution < 1.29 is 4.74 Å². The molecule has 0 saturated carbocycles. The minimum absolute atomic E-state index is 0.197. The molecular formula is C10H18N6O. The number of aromatic nitrogens is 2. The standard InChI is InChI=1S/C10H18N6O/c11-10-14-8(4-9(15-10)16-12)13-5-7-2-1-3-17-6-7/h4,7H,1-3,5-6,12H2,(H4,11,13,14,15,16). The highest BCUT2D eigenvalue weighted by atomic mass is 16.5. The number of nitrogens with one attached hydrogen (secondary N) is 2. The van der Waals surface area contributed by atoms with E-state index in [9.17, 15) is 0 Å². The van der Waals surface area contributed by atoms with Gasteiger partial charge in [-0.1, -0.05) is 0 Å². The molecule has 7 heteroatoms. The molecule has 0 aliphatic carbocycles. The van der Waals surface area contributed by atoms with Crippen LogP contribution in [0.15, 0.2) is 6.07 Å². The van der Waals surface area contributed by atoms with Crippen molar-refractivity contribution in [3.05, 3.63) is 6.07 Å². The van der Waals surface area contributed by atoms with Crippen LogP contribution in [0.4, 0.5) is 17.6 Å². The Morgan fingerprint density at radius 1 is 1.41 bits per heavy atom. The molecule has 2 rings (SSSR count). The Hall–Kier alpha value is -1.60. The van der Waals surface area contributed by atoms with Crippen LogP contribution in [0.5, 0.6) is 0 Å². The third-order valence-electron chi connectivity index (χ3n) is 2.72. The van der Waals surface area contributed by atoms with Crippen molar-refractivity contribution >= 4 is 17.6 Å². The second-order valence-corrected chi connectivity index (χ2v) is 4.11. The molecule has 0 bridgehead atoms. The van der Waals surface area contributed by atoms with E-state index in [-0.39, 0.29) is 5.95 Å². The van der Waals surface area contributed by atoms with Crippen molar-refractivity contribution in [2.24, 2.45) is 11.8 Å². The summed E-state index contributed by atoms with van der Waals surface area (Å²) in [5, 5.41) is 3.22. The summed E-state index contributed by atoms with van der Waals surface area (Å²) >= 11 is 0. The SMILES string of the molecule is NNc1cc(NCC2CCCOC2)nc(N)n1. The summed E-state index contributed by atoms with van der Waals surface area (Å²) in [4.78, 5) is 8.00. The summed E-state index contributed by atoms with van der Waals surface area (Å²) in [6.07, 6.45) is 2.30. The number of nitrogen functional groups attached to an aromatic ring is 2. The summed E-state index contributed by atoms with van der Waals surface area (Å²) in [5.74, 6) is 7.18. The molecule has 1 aliphatic rings. The van der Waals surface area contributed by atoms with E-state index in [0.717, 1.165) is 26.2 Å². The zero-order valence-corrected chi connectivity index (χ0v) is 9.65. The summed E-state index contributed by atoms with van der Waals surface area (Å²) < 4.78 is 5.41. The highest BCUT2D eigenvalue weighted by Crippen LogP contribution is 2.16. The van der Waals surface area contributed by atoms with Gasteiger partial charge in [-0.3, -0.25) is 0 Å². The van der Waals surface area contributed by atoms with Crippen molar-refractivity contribution in [1.82, 2.24) is 9.97 Å². The second kappa shape index (κ2) is 5.65. The minimum Gasteiger partial charge on any atom is -0.381 e. The maximum atomic E-state index is 5.56. The maximum Gasteiger partial charge on any atom is 0.223 e. The van der Waals surface area contributed by atoms with Crippen molar-refractivity contribution in [2.75, 3.05) is 36.2 Å². The monoisotopic (exact) mass is 238 g/mol. The van der Waals surface area contributed by atoms with E-state index >= 15 is 0 Å². The zero-order chi connectivity index (χ0) is 12.1. The lowest BCUT2D eigenvalue weighted by molar-refractivity contribution is 0.0595. The van der Waals surface area contributed by atoms with E-state index in [1.807, 2.05) is 0 Å². The molecule has 0 spiro atoms. The van der Waals surface area contributed by atoms with Crippen LogP contribution in [0.25, 0.3) is 0 Å². The van der Waals surface area contributed by atoms with Gasteiger partial charge < -0.3 is 21.2 Å². The lowest BCUT2D eigenvalue weighted by atomic mass is 10.0. The molecule has 1 fully saturated rings. The molecule has 2 heterocycles. The summed E-state index contributed by atoms with van der Waals surface area (Å²) in [5.41, 5.74) is 8.01. The maximum absolute atomic E-state index is 5.56. The van der Waals surface area contributed by atoms with Gasteiger partial charge >= 0.3 is 0 Å². The number of hydrogen-bond acceptors (Lipinski definition) is 7. The van der Waals surface area contributed by atoms with E-state index in [4.69, 9.17) is 16.3 Å². The van der Waals surface area contributed by atoms with Gasteiger partial charge in [0.2, 0.25) is 5.95 Å². The van der Waals surface area contributed by atoms with Crippen LogP contribution >= 0.6 is 0 Å². The molecule has 7 nitrogen and oxygen atoms in total. The minimum atomic E-state index is 0.197. The molecule has 1 unspecified atom stereocenters. The quantitative estimate of drug-likeness (QED) is 0.437. The fourth-order valence-corrected chi connectivity index (χ4v) is 1.85. The normalized spacial score (nSPS) is 19.9. The Balaban J connectivity index is 1.91. The van der Waals surface area contributed by atoms with Gasteiger partial charge in [-0.25, -0.2) is 5.84 Å². The van der Waals surface area contributed by atoms with Crippen LogP contribution < -0.4 is 22.3 Å². The van der Waals surface area contributed by atoms with Gasteiger partial charge in [0.05, 0.1) is 6.61 Å². The molecule has 17 heavy (non-hydrogen) atoms. The largest absolute Gasteiger partial charge is 0.381 e. The Morgan fingerprint density at radius 3 is 2.94 bits per heavy atom. The molecule has 0 amide bonds. The topological polar surface area (TPSA) is 111 Å². The molecule has 1 saturated heterocycles. The molecule has 94 valence electrons. The highest BCUT2D eigenvalue weighted by Gasteiger charge is 2.13. The average Bonchev–Trinajstić information content (AvgIpc) is 2.37. The first-order valence-corrected chi connectivity index (χ1v) is 5.70. The van der Waals surface area contributed by atoms with Gasteiger partial charge in [-0.05, 0) is 18.8 Å². The van der Waals surface area contributed by atoms with E-state index in [1.165, 1.54) is 6.42 Å². The molecule has 1 aliphatic heterocycles. The van der Waals surface area contributed by atoms with Crippen LogP contribution in [0.3, 0.4) is 0 Å². The molecular weight excluding hydrogens is 220 g/mol. The van der Waals surface area contributed by atoms with Gasteiger partial charge in [0.15, 0.2) is 0 Å². The zero-order valence-electron chi connectivity index (χ0n) is 9.65. The first-order valence-electron chi connectivity index (χ1n) is 5.70. The lowest BCUT2D eigenvalue weighted by Gasteiger charge is -2.22. The second-order valence-electron chi connectivity index (χ2n) is 4.11. The van der Waals surface area contributed by atoms with Gasteiger partial charge in [-0.15, -0.1) is 0 Å². The first kappa shape index (κ1) is 11.9. The Bertz CT molecular complexity index is 366. The van der Waals surface area contributed by atoms with E-state index in [2.05, 4.69) is 20.7 Å². The van der Waals surface area contributed by atoms with Gasteiger partial charge in [0.25, 0.3) is 0 Å². The van der Waals surface area contributed by atoms with Crippen LogP contribution in [0.2, 0.25) is 0 Å². The Kier molecular flexibility index (Phi) is 3.94. The van der Waals surface area contributed by atoms with E-state index in [0.29, 0.717) is 17.6 Å². The van der Waals surface area contributed by atoms with Crippen molar-refractivity contribution in [2.45, 2.75) is 12.8 Å². The molecule has 1 aromatic heterocycles. The summed E-state index contributed by atoms with van der Waals surface area (Å²) in [6, 6.07) is 1.72. The number of hydrazine groups is 1. The van der Waals surface area contributed by atoms with Crippen molar-refractivity contribution in [3.8, 4) is 0 Å². The van der Waals surface area contributed by atoms with Crippen LogP contribution in [-0.4, -0.2) is 29.7 Å². The highest BCUT2D eigenvalue weighted by molar-refractivity contribution is 5.50. The van der Waals surface area contributed by atoms with Gasteiger partial charge in [-0.2, -0.15) is 9.97 Å². The van der Waals surface area contributed by atoms with Gasteiger partial charge in [0.1, 0.15) is 11.6 Å². The molecule has 0 radical (unpaired) electrons. The fraction of sp³-hybridized carbons (Fsp3) is 0.600. The van der Waals surface area contributed by atoms with E-state index < -0.39 is 0 Å². The molecule has 0 aromatic carbocycles. The Labute approximate surface area is 99.9 Å². The molecule has 1 aromatic rings. The number of hydrogen-bond donors (Lipinski definition) is 4. The van der Waals surface area contributed by atoms with Gasteiger partial charge in [0, 0.05) is 19.2 Å². The fourth-order valence-electron chi connectivity index (χ4n) is 1.85. The predicted molar refractivity (Wildman–Crippen MR) is 66.3 cm³/mol. The summed E-state index contributed by atoms with van der Waals surface area (Å²) in [7, 11) is 0. The van der Waals surface area contributed by atoms with Crippen LogP contribution in [0, 0.1) is 5.92 Å². The van der Waals surface area contributed by atoms with Crippen molar-refractivity contribution in [1.29, 1.82) is 0 Å². The lowest BCUT2D eigenvalue weighted by Crippen LogP contribution is -2.24. The van der Waals surface area contributed by atoms with E-state index in [1.54, 1.807) is 6.07 Å². The van der Waals surface area contributed by atoms with Crippen molar-refractivity contribution in [3.63, 3.8) is 0 Å². The van der Waals surface area contributed by atoms with Crippen LogP contribution in [0.1, 0.15) is 12.8 Å². The smallest absolute Gasteiger partial charge is 0.223 e. The molecule has 6 N–H and O–H groups in total. The predicted octanol–water partition coefficient (Wildman–Crippen LogP) is 0.183. The summed E-state index contributed by atoms with van der Waals surface area (Å²) in [6.45, 7) is 2.49. The number of rotatable bonds is 4. The third-order valence-corrected chi connectivity index (χ3v) is 2.72. The number of nitrogens with zero attached hydrogens (tertiary/aromatic N) is 2. The number of nitrogens with two attached hydrogens (primary N) is 2. The first-order chi connectivity index (χ1) is 8.28. The third kappa shape index (κ3) is 3.43. The average molecular weight is 238 g/mol. The van der Waals surface area contributed by atoms with Crippen LogP contribution in [-0.2, 0) is 4.74 Å². The molecule has 1 atom stereocenters. The Morgan fingerprint density at radius 2 is 2.24 bits per heavy atom.